The van der Waals surface area contributed by atoms with Crippen LogP contribution < -0.4 is 5.32 Å². The summed E-state index contributed by atoms with van der Waals surface area (Å²) in [6.07, 6.45) is 2.25. The van der Waals surface area contributed by atoms with Gasteiger partial charge in [0.15, 0.2) is 0 Å². The fourth-order valence-corrected chi connectivity index (χ4v) is 2.80. The second-order valence-corrected chi connectivity index (χ2v) is 5.21. The van der Waals surface area contributed by atoms with E-state index in [1.165, 1.54) is 11.1 Å². The summed E-state index contributed by atoms with van der Waals surface area (Å²) in [6.45, 7) is 4.16. The van der Waals surface area contributed by atoms with E-state index >= 15 is 0 Å². The van der Waals surface area contributed by atoms with Gasteiger partial charge in [-0.15, -0.1) is 0 Å². The first-order chi connectivity index (χ1) is 8.72. The first-order valence-electron chi connectivity index (χ1n) is 6.61. The highest BCUT2D eigenvalue weighted by Crippen LogP contribution is 2.24. The number of nitrogens with one attached hydrogen (secondary N) is 1. The molecule has 1 heterocycles. The summed E-state index contributed by atoms with van der Waals surface area (Å²) >= 11 is 0. The van der Waals surface area contributed by atoms with Gasteiger partial charge in [0.1, 0.15) is 11.5 Å². The molecule has 0 bridgehead atoms. The lowest BCUT2D eigenvalue weighted by molar-refractivity contribution is 0.383. The van der Waals surface area contributed by atoms with E-state index in [4.69, 9.17) is 4.42 Å². The lowest BCUT2D eigenvalue weighted by atomic mass is 10.1. The molecule has 2 nitrogen and oxygen atoms in total. The molecule has 0 aliphatic heterocycles. The van der Waals surface area contributed by atoms with Gasteiger partial charge in [-0.05, 0) is 49.9 Å². The molecular weight excluding hydrogens is 222 g/mol. The number of hydrogen-bond donors (Lipinski definition) is 1. The standard InChI is InChI=1S/C16H19NO/c1-11-7-8-16(18-11)12(2)17-15-9-13-5-3-4-6-14(13)10-15/h3-8,12,15,17H,9-10H2,1-2H3. The third-order valence-electron chi connectivity index (χ3n) is 3.72. The van der Waals surface area contributed by atoms with Crippen LogP contribution in [0.3, 0.4) is 0 Å². The molecule has 2 aromatic rings. The van der Waals surface area contributed by atoms with E-state index < -0.39 is 0 Å². The molecule has 3 rings (SSSR count). The van der Waals surface area contributed by atoms with Gasteiger partial charge in [-0.3, -0.25) is 0 Å². The van der Waals surface area contributed by atoms with Crippen LogP contribution in [0.5, 0.6) is 0 Å². The fourth-order valence-electron chi connectivity index (χ4n) is 2.80. The molecule has 0 spiro atoms. The Morgan fingerprint density at radius 3 is 2.33 bits per heavy atom. The van der Waals surface area contributed by atoms with Crippen LogP contribution in [0.4, 0.5) is 0 Å². The van der Waals surface area contributed by atoms with Crippen molar-refractivity contribution in [3.63, 3.8) is 0 Å². The van der Waals surface area contributed by atoms with Crippen LogP contribution in [-0.2, 0) is 12.8 Å². The minimum absolute atomic E-state index is 0.276. The van der Waals surface area contributed by atoms with Gasteiger partial charge in [-0.1, -0.05) is 24.3 Å². The molecule has 0 fully saturated rings. The Morgan fingerprint density at radius 1 is 1.11 bits per heavy atom. The van der Waals surface area contributed by atoms with Crippen LogP contribution in [-0.4, -0.2) is 6.04 Å². The monoisotopic (exact) mass is 241 g/mol. The lowest BCUT2D eigenvalue weighted by Crippen LogP contribution is -2.31. The fraction of sp³-hybridized carbons (Fsp3) is 0.375. The maximum absolute atomic E-state index is 5.67. The van der Waals surface area contributed by atoms with Gasteiger partial charge in [-0.25, -0.2) is 0 Å². The van der Waals surface area contributed by atoms with Crippen LogP contribution >= 0.6 is 0 Å². The predicted molar refractivity (Wildman–Crippen MR) is 72.6 cm³/mol. The topological polar surface area (TPSA) is 25.2 Å². The van der Waals surface area contributed by atoms with Gasteiger partial charge < -0.3 is 9.73 Å². The molecule has 2 heteroatoms. The lowest BCUT2D eigenvalue weighted by Gasteiger charge is -2.17. The SMILES string of the molecule is Cc1ccc(C(C)NC2Cc3ccccc3C2)o1. The van der Waals surface area contributed by atoms with Gasteiger partial charge in [0.25, 0.3) is 0 Å². The predicted octanol–water partition coefficient (Wildman–Crippen LogP) is 3.41. The summed E-state index contributed by atoms with van der Waals surface area (Å²) in [6, 6.07) is 13.6. The highest BCUT2D eigenvalue weighted by molar-refractivity contribution is 5.33. The summed E-state index contributed by atoms with van der Waals surface area (Å²) in [5.41, 5.74) is 2.97. The average molecular weight is 241 g/mol. The molecule has 0 amide bonds. The second kappa shape index (κ2) is 4.62. The number of furan rings is 1. The van der Waals surface area contributed by atoms with Crippen LogP contribution in [0.15, 0.2) is 40.8 Å². The highest BCUT2D eigenvalue weighted by Gasteiger charge is 2.23. The molecule has 1 aromatic heterocycles. The number of fused-ring (bicyclic) bond motifs is 1. The molecule has 1 atom stereocenters. The van der Waals surface area contributed by atoms with Crippen molar-refractivity contribution < 1.29 is 4.42 Å². The molecule has 94 valence electrons. The summed E-state index contributed by atoms with van der Waals surface area (Å²) in [5, 5.41) is 3.66. The largest absolute Gasteiger partial charge is 0.465 e. The van der Waals surface area contributed by atoms with Gasteiger partial charge in [0, 0.05) is 6.04 Å². The summed E-state index contributed by atoms with van der Waals surface area (Å²) in [5.74, 6) is 2.01. The van der Waals surface area contributed by atoms with E-state index in [0.29, 0.717) is 6.04 Å². The number of hydrogen-bond acceptors (Lipinski definition) is 2. The molecule has 1 N–H and O–H groups in total. The van der Waals surface area contributed by atoms with Crippen molar-refractivity contribution in [3.8, 4) is 0 Å². The summed E-state index contributed by atoms with van der Waals surface area (Å²) in [4.78, 5) is 0. The molecule has 1 unspecified atom stereocenters. The van der Waals surface area contributed by atoms with Crippen molar-refractivity contribution in [1.82, 2.24) is 5.32 Å². The van der Waals surface area contributed by atoms with E-state index in [9.17, 15) is 0 Å². The first-order valence-corrected chi connectivity index (χ1v) is 6.61. The summed E-state index contributed by atoms with van der Waals surface area (Å²) < 4.78 is 5.67. The second-order valence-electron chi connectivity index (χ2n) is 5.21. The van der Waals surface area contributed by atoms with Crippen LogP contribution in [0.2, 0.25) is 0 Å². The maximum Gasteiger partial charge on any atom is 0.120 e. The number of aryl methyl sites for hydroxylation is 1. The molecule has 0 saturated carbocycles. The quantitative estimate of drug-likeness (QED) is 0.891. The molecule has 1 aliphatic rings. The minimum atomic E-state index is 0.276. The normalized spacial score (nSPS) is 16.8. The van der Waals surface area contributed by atoms with Gasteiger partial charge >= 0.3 is 0 Å². The molecule has 0 radical (unpaired) electrons. The van der Waals surface area contributed by atoms with Crippen molar-refractivity contribution in [2.75, 3.05) is 0 Å². The van der Waals surface area contributed by atoms with Crippen molar-refractivity contribution >= 4 is 0 Å². The van der Waals surface area contributed by atoms with Crippen LogP contribution in [0.1, 0.15) is 35.6 Å². The minimum Gasteiger partial charge on any atom is -0.465 e. The maximum atomic E-state index is 5.67. The van der Waals surface area contributed by atoms with Gasteiger partial charge in [0.2, 0.25) is 0 Å². The van der Waals surface area contributed by atoms with E-state index in [-0.39, 0.29) is 6.04 Å². The van der Waals surface area contributed by atoms with Crippen LogP contribution in [0.25, 0.3) is 0 Å². The van der Waals surface area contributed by atoms with Crippen molar-refractivity contribution in [2.45, 2.75) is 38.8 Å². The Kier molecular flexibility index (Phi) is 2.96. The Morgan fingerprint density at radius 2 is 1.78 bits per heavy atom. The third kappa shape index (κ3) is 2.21. The molecular formula is C16H19NO. The van der Waals surface area contributed by atoms with E-state index in [0.717, 1.165) is 24.4 Å². The zero-order chi connectivity index (χ0) is 12.5. The van der Waals surface area contributed by atoms with E-state index in [1.807, 2.05) is 13.0 Å². The Hall–Kier alpha value is -1.54. The summed E-state index contributed by atoms with van der Waals surface area (Å²) in [7, 11) is 0. The van der Waals surface area contributed by atoms with Gasteiger partial charge in [0.05, 0.1) is 6.04 Å². The van der Waals surface area contributed by atoms with Crippen molar-refractivity contribution in [1.29, 1.82) is 0 Å². The smallest absolute Gasteiger partial charge is 0.120 e. The average Bonchev–Trinajstić information content (AvgIpc) is 2.94. The van der Waals surface area contributed by atoms with E-state index in [1.54, 1.807) is 0 Å². The van der Waals surface area contributed by atoms with Gasteiger partial charge in [-0.2, -0.15) is 0 Å². The van der Waals surface area contributed by atoms with Crippen molar-refractivity contribution in [3.05, 3.63) is 59.0 Å². The highest BCUT2D eigenvalue weighted by atomic mass is 16.3. The van der Waals surface area contributed by atoms with Crippen LogP contribution in [0, 0.1) is 6.92 Å². The molecule has 1 aromatic carbocycles. The Bertz CT molecular complexity index is 519. The molecule has 1 aliphatic carbocycles. The first kappa shape index (κ1) is 11.5. The zero-order valence-electron chi connectivity index (χ0n) is 10.9. The Labute approximate surface area is 108 Å². The third-order valence-corrected chi connectivity index (χ3v) is 3.72. The zero-order valence-corrected chi connectivity index (χ0v) is 10.9. The number of rotatable bonds is 3. The molecule has 18 heavy (non-hydrogen) atoms. The Balaban J connectivity index is 1.66. The molecule has 0 saturated heterocycles. The van der Waals surface area contributed by atoms with E-state index in [2.05, 4.69) is 42.6 Å². The number of benzene rings is 1. The van der Waals surface area contributed by atoms with Crippen molar-refractivity contribution in [2.24, 2.45) is 0 Å².